The summed E-state index contributed by atoms with van der Waals surface area (Å²) in [5, 5.41) is 0. The summed E-state index contributed by atoms with van der Waals surface area (Å²) in [4.78, 5) is 18.8. The molecule has 0 fully saturated rings. The van der Waals surface area contributed by atoms with Crippen molar-refractivity contribution in [3.63, 3.8) is 0 Å². The van der Waals surface area contributed by atoms with E-state index in [-0.39, 0.29) is 0 Å². The van der Waals surface area contributed by atoms with E-state index >= 15 is 0 Å². The van der Waals surface area contributed by atoms with Gasteiger partial charge in [0.2, 0.25) is 6.86 Å². The lowest BCUT2D eigenvalue weighted by atomic mass is 11.6. The van der Waals surface area contributed by atoms with E-state index in [0.717, 1.165) is 0 Å². The molecule has 50 valence electrons. The molecular weight excluding hydrogens is 142 g/mol. The molecule has 0 atom stereocenters. The Morgan fingerprint density at radius 3 is 2.25 bits per heavy atom. The van der Waals surface area contributed by atoms with Gasteiger partial charge < -0.3 is 9.79 Å². The van der Waals surface area contributed by atoms with E-state index in [1.54, 1.807) is 0 Å². The van der Waals surface area contributed by atoms with Crippen molar-refractivity contribution in [2.45, 2.75) is 0 Å². The van der Waals surface area contributed by atoms with Crippen LogP contribution in [0.3, 0.4) is 0 Å². The predicted octanol–water partition coefficient (Wildman–Crippen LogP) is -0.0457. The molecule has 0 saturated carbocycles. The quantitative estimate of drug-likeness (QED) is 0.331. The van der Waals surface area contributed by atoms with Crippen LogP contribution >= 0.6 is 7.82 Å². The van der Waals surface area contributed by atoms with Gasteiger partial charge in [-0.3, -0.25) is 0 Å². The van der Waals surface area contributed by atoms with Crippen LogP contribution in [0.5, 0.6) is 0 Å². The van der Waals surface area contributed by atoms with E-state index in [1.807, 2.05) is 0 Å². The van der Waals surface area contributed by atoms with Gasteiger partial charge in [0.1, 0.15) is 0 Å². The van der Waals surface area contributed by atoms with Gasteiger partial charge in [0, 0.05) is 0 Å². The average molecular weight is 146 g/mol. The predicted molar refractivity (Wildman–Crippen MR) is 20.2 cm³/mol. The van der Waals surface area contributed by atoms with Crippen molar-refractivity contribution in [3.05, 3.63) is 0 Å². The average Bonchev–Trinajstić information content (AvgIpc) is 1.59. The molecule has 2 N–H and O–H groups in total. The fourth-order valence-corrected chi connectivity index (χ4v) is 0.266. The van der Waals surface area contributed by atoms with Gasteiger partial charge in [-0.2, -0.15) is 4.89 Å². The van der Waals surface area contributed by atoms with Crippen LogP contribution in [0.25, 0.3) is 0 Å². The van der Waals surface area contributed by atoms with Gasteiger partial charge in [0.25, 0.3) is 0 Å². The van der Waals surface area contributed by atoms with E-state index in [1.165, 1.54) is 0 Å². The lowest BCUT2D eigenvalue weighted by Gasteiger charge is -1.98. The number of rotatable bonds is 3. The highest BCUT2D eigenvalue weighted by Gasteiger charge is 2.14. The molecule has 0 aromatic heterocycles. The standard InChI is InChI=1S/CH4FO5P/c2-1-6-7-8(3,4)5/h1H2,(H2,3,4,5). The molecule has 0 rings (SSSR count). The third-order valence-corrected chi connectivity index (χ3v) is 0.494. The SMILES string of the molecule is O=P(O)(O)OOCF. The van der Waals surface area contributed by atoms with Crippen LogP contribution in [-0.2, 0) is 14.1 Å². The van der Waals surface area contributed by atoms with Gasteiger partial charge >= 0.3 is 7.82 Å². The molecule has 8 heavy (non-hydrogen) atoms. The molecule has 0 aromatic rings. The maximum absolute atomic E-state index is 10.8. The van der Waals surface area contributed by atoms with Gasteiger partial charge in [-0.25, -0.2) is 8.96 Å². The first-order valence-electron chi connectivity index (χ1n) is 1.49. The van der Waals surface area contributed by atoms with E-state index in [9.17, 15) is 8.96 Å². The van der Waals surface area contributed by atoms with Gasteiger partial charge in [0.05, 0.1) is 0 Å². The minimum absolute atomic E-state index is 1.38. The molecule has 0 unspecified atom stereocenters. The van der Waals surface area contributed by atoms with Crippen molar-refractivity contribution in [1.29, 1.82) is 0 Å². The summed E-state index contributed by atoms with van der Waals surface area (Å²) in [5.74, 6) is 0. The first-order valence-corrected chi connectivity index (χ1v) is 3.02. The Balaban J connectivity index is 3.26. The zero-order valence-corrected chi connectivity index (χ0v) is 4.55. The zero-order valence-electron chi connectivity index (χ0n) is 3.65. The van der Waals surface area contributed by atoms with Gasteiger partial charge in [-0.1, -0.05) is 0 Å². The molecule has 5 nitrogen and oxygen atoms in total. The molecular formula is CH4FO5P. The second kappa shape index (κ2) is 3.11. The maximum atomic E-state index is 10.8. The third kappa shape index (κ3) is 6.00. The van der Waals surface area contributed by atoms with Crippen LogP contribution in [0.2, 0.25) is 0 Å². The fourth-order valence-electron chi connectivity index (χ4n) is 0.0886. The van der Waals surface area contributed by atoms with Gasteiger partial charge in [-0.05, 0) is 0 Å². The number of hydrogen-bond donors (Lipinski definition) is 2. The van der Waals surface area contributed by atoms with Crippen molar-refractivity contribution >= 4 is 7.82 Å². The Morgan fingerprint density at radius 1 is 1.62 bits per heavy atom. The molecule has 0 heterocycles. The lowest BCUT2D eigenvalue weighted by Crippen LogP contribution is -1.88. The van der Waals surface area contributed by atoms with Crippen molar-refractivity contribution < 1.29 is 28.3 Å². The lowest BCUT2D eigenvalue weighted by molar-refractivity contribution is -0.247. The van der Waals surface area contributed by atoms with Crippen LogP contribution in [0.4, 0.5) is 4.39 Å². The van der Waals surface area contributed by atoms with E-state index in [0.29, 0.717) is 0 Å². The van der Waals surface area contributed by atoms with E-state index < -0.39 is 14.7 Å². The summed E-state index contributed by atoms with van der Waals surface area (Å²) in [7, 11) is -4.64. The molecule has 0 amide bonds. The summed E-state index contributed by atoms with van der Waals surface area (Å²) in [5.41, 5.74) is 0. The smallest absolute Gasteiger partial charge is 0.301 e. The summed E-state index contributed by atoms with van der Waals surface area (Å²) >= 11 is 0. The third-order valence-electron chi connectivity index (χ3n) is 0.194. The monoisotopic (exact) mass is 146 g/mol. The Bertz CT molecular complexity index is 96.6. The molecule has 0 aliphatic rings. The normalized spacial score (nSPS) is 11.9. The Hall–Kier alpha value is -0.0000000000000000555. The zero-order chi connectivity index (χ0) is 6.62. The number of phosphoric acid groups is 1. The van der Waals surface area contributed by atoms with Crippen LogP contribution in [0.1, 0.15) is 0 Å². The van der Waals surface area contributed by atoms with Gasteiger partial charge in [-0.15, -0.1) is 4.67 Å². The maximum Gasteiger partial charge on any atom is 0.496 e. The summed E-state index contributed by atoms with van der Waals surface area (Å²) in [6.45, 7) is -1.38. The van der Waals surface area contributed by atoms with Crippen molar-refractivity contribution in [3.8, 4) is 0 Å². The number of halogens is 1. The second-order valence-electron chi connectivity index (χ2n) is 0.792. The van der Waals surface area contributed by atoms with Crippen LogP contribution in [-0.4, -0.2) is 16.6 Å². The number of hydrogen-bond acceptors (Lipinski definition) is 3. The Kier molecular flexibility index (Phi) is 3.11. The molecule has 0 aliphatic heterocycles. The highest BCUT2D eigenvalue weighted by molar-refractivity contribution is 7.46. The molecule has 0 spiro atoms. The Morgan fingerprint density at radius 2 is 2.12 bits per heavy atom. The topological polar surface area (TPSA) is 76.0 Å². The highest BCUT2D eigenvalue weighted by atomic mass is 31.2. The Labute approximate surface area is 44.2 Å². The first-order chi connectivity index (χ1) is 3.56. The molecule has 0 aromatic carbocycles. The second-order valence-corrected chi connectivity index (χ2v) is 1.92. The fraction of sp³-hybridized carbons (Fsp3) is 1.00. The van der Waals surface area contributed by atoms with Crippen LogP contribution in [0, 0.1) is 0 Å². The van der Waals surface area contributed by atoms with Crippen LogP contribution < -0.4 is 0 Å². The minimum atomic E-state index is -4.64. The summed E-state index contributed by atoms with van der Waals surface area (Å²) < 4.78 is 23.6. The minimum Gasteiger partial charge on any atom is -0.301 e. The van der Waals surface area contributed by atoms with Crippen LogP contribution in [0.15, 0.2) is 0 Å². The molecule has 0 aliphatic carbocycles. The van der Waals surface area contributed by atoms with E-state index in [4.69, 9.17) is 9.79 Å². The summed E-state index contributed by atoms with van der Waals surface area (Å²) in [6, 6.07) is 0. The molecule has 0 saturated heterocycles. The first kappa shape index (κ1) is 8.00. The molecule has 0 radical (unpaired) electrons. The van der Waals surface area contributed by atoms with Crippen molar-refractivity contribution in [2.24, 2.45) is 0 Å². The summed E-state index contributed by atoms with van der Waals surface area (Å²) in [6.07, 6.45) is 0. The molecule has 7 heteroatoms. The molecule has 0 bridgehead atoms. The number of alkyl halides is 1. The van der Waals surface area contributed by atoms with E-state index in [2.05, 4.69) is 9.56 Å². The van der Waals surface area contributed by atoms with Crippen molar-refractivity contribution in [2.75, 3.05) is 6.86 Å². The highest BCUT2D eigenvalue weighted by Crippen LogP contribution is 2.35. The van der Waals surface area contributed by atoms with Crippen molar-refractivity contribution in [1.82, 2.24) is 0 Å². The van der Waals surface area contributed by atoms with Gasteiger partial charge in [0.15, 0.2) is 0 Å². The largest absolute Gasteiger partial charge is 0.496 e.